The van der Waals surface area contributed by atoms with Crippen LogP contribution in [-0.2, 0) is 0 Å². The van der Waals surface area contributed by atoms with Crippen molar-refractivity contribution in [3.63, 3.8) is 0 Å². The van der Waals surface area contributed by atoms with E-state index >= 15 is 0 Å². The second-order valence-corrected chi connectivity index (χ2v) is 12.7. The quantitative estimate of drug-likeness (QED) is 0.0918. The van der Waals surface area contributed by atoms with Crippen LogP contribution in [0.5, 0.6) is 0 Å². The van der Waals surface area contributed by atoms with Gasteiger partial charge in [-0.05, 0) is 96.9 Å². The normalized spacial score (nSPS) is 12.3. The van der Waals surface area contributed by atoms with Gasteiger partial charge in [0, 0.05) is 17.6 Å². The first-order valence-electron chi connectivity index (χ1n) is 17.9. The Labute approximate surface area is 313 Å². The molecule has 0 atom stereocenters. The van der Waals surface area contributed by atoms with Gasteiger partial charge in [0.15, 0.2) is 0 Å². The van der Waals surface area contributed by atoms with E-state index in [0.717, 1.165) is 28.1 Å². The average Bonchev–Trinajstić information content (AvgIpc) is 3.23. The standard InChI is InChI=1S/C52H41N/c1-3-40(19-17-20-41(4-2)32-33-43-24-11-13-28-48(43)42-22-7-5-8-23-42)21-18-38-53(46-26-9-6-10-27-46)47-36-34-44(35-37-47)52-39-45-25-12-14-29-49(45)50-30-15-16-31-51(50)52/h3-39H,1-2H2/b19-17+,33-32+,38-18+,40-21+,41-20+. The predicted octanol–water partition coefficient (Wildman–Crippen LogP) is 14.5. The van der Waals surface area contributed by atoms with Crippen molar-refractivity contribution in [2.24, 2.45) is 0 Å². The average molecular weight is 680 g/mol. The zero-order valence-electron chi connectivity index (χ0n) is 29.7. The highest BCUT2D eigenvalue weighted by Crippen LogP contribution is 2.36. The number of anilines is 2. The van der Waals surface area contributed by atoms with Gasteiger partial charge in [0.2, 0.25) is 0 Å². The van der Waals surface area contributed by atoms with Crippen LogP contribution in [0.1, 0.15) is 5.56 Å². The van der Waals surface area contributed by atoms with Crippen molar-refractivity contribution in [2.45, 2.75) is 0 Å². The van der Waals surface area contributed by atoms with E-state index in [0.29, 0.717) is 0 Å². The van der Waals surface area contributed by atoms with E-state index in [9.17, 15) is 0 Å². The molecule has 254 valence electrons. The second kappa shape index (κ2) is 16.8. The van der Waals surface area contributed by atoms with Gasteiger partial charge in [-0.25, -0.2) is 0 Å². The maximum Gasteiger partial charge on any atom is 0.0455 e. The van der Waals surface area contributed by atoms with E-state index in [1.807, 2.05) is 30.4 Å². The molecule has 7 aromatic rings. The summed E-state index contributed by atoms with van der Waals surface area (Å²) < 4.78 is 0. The van der Waals surface area contributed by atoms with Crippen LogP contribution in [0.3, 0.4) is 0 Å². The molecule has 0 fully saturated rings. The largest absolute Gasteiger partial charge is 0.317 e. The molecule has 0 heterocycles. The van der Waals surface area contributed by atoms with Crippen LogP contribution < -0.4 is 4.90 Å². The highest BCUT2D eigenvalue weighted by molar-refractivity contribution is 6.13. The van der Waals surface area contributed by atoms with E-state index in [2.05, 4.69) is 212 Å². The molecule has 0 aliphatic rings. The van der Waals surface area contributed by atoms with Gasteiger partial charge >= 0.3 is 0 Å². The SMILES string of the molecule is C=CC(/C=C/C=C(C=C)/C=C/c1ccccc1-c1ccccc1)=C\C=C\N(c1ccccc1)c1ccc(-c2cc3ccccc3c3ccccc23)cc1. The van der Waals surface area contributed by atoms with Crippen molar-refractivity contribution in [3.05, 3.63) is 248 Å². The van der Waals surface area contributed by atoms with Crippen molar-refractivity contribution in [1.29, 1.82) is 0 Å². The molecular weight excluding hydrogens is 639 g/mol. The molecule has 7 rings (SSSR count). The van der Waals surface area contributed by atoms with E-state index in [4.69, 9.17) is 0 Å². The maximum atomic E-state index is 4.06. The second-order valence-electron chi connectivity index (χ2n) is 12.7. The third-order valence-electron chi connectivity index (χ3n) is 9.33. The van der Waals surface area contributed by atoms with Crippen LogP contribution in [0.15, 0.2) is 243 Å². The van der Waals surface area contributed by atoms with Crippen LogP contribution in [0.25, 0.3) is 49.9 Å². The first-order chi connectivity index (χ1) is 26.2. The van der Waals surface area contributed by atoms with Crippen molar-refractivity contribution in [3.8, 4) is 22.3 Å². The number of fused-ring (bicyclic) bond motifs is 3. The fraction of sp³-hybridized carbons (Fsp3) is 0. The number of rotatable bonds is 12. The lowest BCUT2D eigenvalue weighted by molar-refractivity contribution is 1.28. The highest BCUT2D eigenvalue weighted by Gasteiger charge is 2.11. The number of hydrogen-bond acceptors (Lipinski definition) is 1. The molecule has 0 radical (unpaired) electrons. The Balaban J connectivity index is 1.11. The number of nitrogens with zero attached hydrogens (tertiary/aromatic N) is 1. The maximum absolute atomic E-state index is 4.06. The minimum atomic E-state index is 0.992. The Morgan fingerprint density at radius 3 is 1.77 bits per heavy atom. The third kappa shape index (κ3) is 8.17. The zero-order valence-corrected chi connectivity index (χ0v) is 29.7. The number of allylic oxidation sites excluding steroid dienone is 10. The van der Waals surface area contributed by atoms with Crippen molar-refractivity contribution < 1.29 is 0 Å². The molecule has 0 saturated carbocycles. The van der Waals surface area contributed by atoms with Gasteiger partial charge in [-0.3, -0.25) is 0 Å². The molecule has 0 unspecified atom stereocenters. The molecule has 0 aromatic heterocycles. The van der Waals surface area contributed by atoms with Crippen LogP contribution in [0, 0.1) is 0 Å². The third-order valence-corrected chi connectivity index (χ3v) is 9.33. The van der Waals surface area contributed by atoms with Crippen molar-refractivity contribution in [2.75, 3.05) is 4.90 Å². The topological polar surface area (TPSA) is 3.24 Å². The summed E-state index contributed by atoms with van der Waals surface area (Å²) in [6.45, 7) is 8.11. The molecule has 0 spiro atoms. The lowest BCUT2D eigenvalue weighted by Gasteiger charge is -2.21. The van der Waals surface area contributed by atoms with Gasteiger partial charge < -0.3 is 4.90 Å². The Hall–Kier alpha value is -6.96. The highest BCUT2D eigenvalue weighted by atomic mass is 15.1. The smallest absolute Gasteiger partial charge is 0.0455 e. The molecule has 0 saturated heterocycles. The summed E-state index contributed by atoms with van der Waals surface area (Å²) in [6.07, 6.45) is 20.4. The molecule has 0 bridgehead atoms. The lowest BCUT2D eigenvalue weighted by Crippen LogP contribution is -2.07. The van der Waals surface area contributed by atoms with Crippen molar-refractivity contribution >= 4 is 39.0 Å². The Morgan fingerprint density at radius 1 is 0.453 bits per heavy atom. The van der Waals surface area contributed by atoms with E-state index in [1.165, 1.54) is 43.8 Å². The number of para-hydroxylation sites is 1. The molecule has 1 nitrogen and oxygen atoms in total. The van der Waals surface area contributed by atoms with Gasteiger partial charge in [0.05, 0.1) is 0 Å². The van der Waals surface area contributed by atoms with Gasteiger partial charge in [-0.2, -0.15) is 0 Å². The molecule has 0 aliphatic carbocycles. The molecule has 0 aliphatic heterocycles. The van der Waals surface area contributed by atoms with E-state index < -0.39 is 0 Å². The monoisotopic (exact) mass is 679 g/mol. The summed E-state index contributed by atoms with van der Waals surface area (Å²) in [7, 11) is 0. The van der Waals surface area contributed by atoms with E-state index in [-0.39, 0.29) is 0 Å². The predicted molar refractivity (Wildman–Crippen MR) is 231 cm³/mol. The fourth-order valence-corrected chi connectivity index (χ4v) is 6.61. The first-order valence-corrected chi connectivity index (χ1v) is 17.9. The summed E-state index contributed by atoms with van der Waals surface area (Å²) >= 11 is 0. The first kappa shape index (κ1) is 34.5. The van der Waals surface area contributed by atoms with Gasteiger partial charge in [-0.1, -0.05) is 195 Å². The summed E-state index contributed by atoms with van der Waals surface area (Å²) in [5.41, 5.74) is 10.1. The molecule has 0 amide bonds. The molecule has 53 heavy (non-hydrogen) atoms. The fourth-order valence-electron chi connectivity index (χ4n) is 6.61. The summed E-state index contributed by atoms with van der Waals surface area (Å²) in [6, 6.07) is 57.8. The minimum Gasteiger partial charge on any atom is -0.317 e. The molecule has 0 N–H and O–H groups in total. The minimum absolute atomic E-state index is 0.992. The van der Waals surface area contributed by atoms with Crippen molar-refractivity contribution in [1.82, 2.24) is 0 Å². The molecule has 1 heteroatoms. The number of benzene rings is 7. The molecule has 7 aromatic carbocycles. The summed E-state index contributed by atoms with van der Waals surface area (Å²) in [5, 5.41) is 5.05. The Bertz CT molecular complexity index is 2510. The number of hydrogen-bond donors (Lipinski definition) is 0. The van der Waals surface area contributed by atoms with E-state index in [1.54, 1.807) is 0 Å². The van der Waals surface area contributed by atoms with Crippen LogP contribution in [0.4, 0.5) is 11.4 Å². The Kier molecular flexibility index (Phi) is 11.0. The lowest BCUT2D eigenvalue weighted by atomic mass is 9.93. The summed E-state index contributed by atoms with van der Waals surface area (Å²) in [4.78, 5) is 2.21. The van der Waals surface area contributed by atoms with Gasteiger partial charge in [0.1, 0.15) is 0 Å². The Morgan fingerprint density at radius 2 is 1.02 bits per heavy atom. The van der Waals surface area contributed by atoms with Gasteiger partial charge in [-0.15, -0.1) is 0 Å². The van der Waals surface area contributed by atoms with Gasteiger partial charge in [0.25, 0.3) is 0 Å². The zero-order chi connectivity index (χ0) is 36.2. The summed E-state index contributed by atoms with van der Waals surface area (Å²) in [5.74, 6) is 0. The van der Waals surface area contributed by atoms with Crippen LogP contribution in [0.2, 0.25) is 0 Å². The van der Waals surface area contributed by atoms with Crippen LogP contribution >= 0.6 is 0 Å². The molecular formula is C52H41N. The van der Waals surface area contributed by atoms with Crippen LogP contribution in [-0.4, -0.2) is 0 Å².